The summed E-state index contributed by atoms with van der Waals surface area (Å²) in [5.41, 5.74) is 7.28. The Labute approximate surface area is 107 Å². The fourth-order valence-corrected chi connectivity index (χ4v) is 2.66. The van der Waals surface area contributed by atoms with Crippen LogP contribution < -0.4 is 5.73 Å². The summed E-state index contributed by atoms with van der Waals surface area (Å²) in [7, 11) is 1.78. The van der Waals surface area contributed by atoms with Crippen LogP contribution in [0, 0.1) is 0 Å². The van der Waals surface area contributed by atoms with Crippen LogP contribution >= 0.6 is 11.6 Å². The molecule has 1 unspecified atom stereocenters. The zero-order valence-corrected chi connectivity index (χ0v) is 10.9. The second-order valence-electron chi connectivity index (χ2n) is 4.88. The third kappa shape index (κ3) is 2.97. The van der Waals surface area contributed by atoms with Gasteiger partial charge in [-0.2, -0.15) is 0 Å². The van der Waals surface area contributed by atoms with Crippen molar-refractivity contribution in [2.24, 2.45) is 5.73 Å². The molecule has 1 aromatic heterocycles. The third-order valence-corrected chi connectivity index (χ3v) is 4.01. The molecule has 2 rings (SSSR count). The number of pyridine rings is 1. The van der Waals surface area contributed by atoms with Crippen molar-refractivity contribution in [1.29, 1.82) is 0 Å². The highest BCUT2D eigenvalue weighted by atomic mass is 35.5. The summed E-state index contributed by atoms with van der Waals surface area (Å²) >= 11 is 6.07. The lowest BCUT2D eigenvalue weighted by atomic mass is 9.75. The van der Waals surface area contributed by atoms with Gasteiger partial charge in [-0.05, 0) is 43.7 Å². The smallest absolute Gasteiger partial charge is 0.0693 e. The standard InChI is InChI=1S/C13H19ClN2O/c1-17-13(4-2-5-13)8-11(15)7-10-3-6-16-9-12(10)14/h3,6,9,11H,2,4-5,7-8,15H2,1H3. The van der Waals surface area contributed by atoms with E-state index in [1.54, 1.807) is 19.5 Å². The lowest BCUT2D eigenvalue weighted by molar-refractivity contribution is -0.0813. The Morgan fingerprint density at radius 2 is 2.35 bits per heavy atom. The first kappa shape index (κ1) is 12.8. The largest absolute Gasteiger partial charge is 0.378 e. The number of hydrogen-bond donors (Lipinski definition) is 1. The Kier molecular flexibility index (Phi) is 4.02. The average Bonchev–Trinajstić information content (AvgIpc) is 2.27. The van der Waals surface area contributed by atoms with Crippen LogP contribution in [0.4, 0.5) is 0 Å². The van der Waals surface area contributed by atoms with E-state index >= 15 is 0 Å². The highest BCUT2D eigenvalue weighted by molar-refractivity contribution is 6.31. The second kappa shape index (κ2) is 5.34. The van der Waals surface area contributed by atoms with Crippen molar-refractivity contribution in [3.8, 4) is 0 Å². The minimum absolute atomic E-state index is 0.0267. The van der Waals surface area contributed by atoms with Gasteiger partial charge in [-0.25, -0.2) is 0 Å². The van der Waals surface area contributed by atoms with Crippen molar-refractivity contribution in [3.05, 3.63) is 29.0 Å². The van der Waals surface area contributed by atoms with Gasteiger partial charge in [0.25, 0.3) is 0 Å². The molecule has 4 heteroatoms. The molecule has 0 aliphatic heterocycles. The lowest BCUT2D eigenvalue weighted by Crippen LogP contribution is -2.45. The molecule has 1 aliphatic rings. The number of rotatable bonds is 5. The number of nitrogens with two attached hydrogens (primary N) is 1. The van der Waals surface area contributed by atoms with E-state index in [4.69, 9.17) is 22.1 Å². The number of halogens is 1. The van der Waals surface area contributed by atoms with Gasteiger partial charge in [0.2, 0.25) is 0 Å². The molecule has 17 heavy (non-hydrogen) atoms. The number of methoxy groups -OCH3 is 1. The maximum atomic E-state index is 6.19. The molecular formula is C13H19ClN2O. The first-order chi connectivity index (χ1) is 8.15. The molecule has 94 valence electrons. The molecule has 1 aliphatic carbocycles. The zero-order valence-electron chi connectivity index (χ0n) is 10.2. The van der Waals surface area contributed by atoms with Crippen LogP contribution in [0.1, 0.15) is 31.2 Å². The summed E-state index contributed by atoms with van der Waals surface area (Å²) in [6.07, 6.45) is 8.61. The fourth-order valence-electron chi connectivity index (χ4n) is 2.46. The number of nitrogens with zero attached hydrogens (tertiary/aromatic N) is 1. The van der Waals surface area contributed by atoms with Crippen molar-refractivity contribution < 1.29 is 4.74 Å². The molecule has 1 aromatic rings. The van der Waals surface area contributed by atoms with Crippen LogP contribution in [0.5, 0.6) is 0 Å². The van der Waals surface area contributed by atoms with Crippen LogP contribution in [0.25, 0.3) is 0 Å². The summed E-state index contributed by atoms with van der Waals surface area (Å²) in [6, 6.07) is 2.03. The van der Waals surface area contributed by atoms with E-state index in [1.807, 2.05) is 6.07 Å². The van der Waals surface area contributed by atoms with E-state index in [-0.39, 0.29) is 11.6 Å². The Hall–Kier alpha value is -0.640. The average molecular weight is 255 g/mol. The van der Waals surface area contributed by atoms with Gasteiger partial charge in [0.15, 0.2) is 0 Å². The summed E-state index contributed by atoms with van der Waals surface area (Å²) in [5.74, 6) is 0. The molecule has 2 N–H and O–H groups in total. The summed E-state index contributed by atoms with van der Waals surface area (Å²) in [6.45, 7) is 0. The Balaban J connectivity index is 1.93. The SMILES string of the molecule is COC1(CC(N)Cc2ccncc2Cl)CCC1. The summed E-state index contributed by atoms with van der Waals surface area (Å²) in [5, 5.41) is 0.697. The van der Waals surface area contributed by atoms with Crippen LogP contribution in [0.15, 0.2) is 18.5 Å². The van der Waals surface area contributed by atoms with Crippen molar-refractivity contribution in [3.63, 3.8) is 0 Å². The first-order valence-electron chi connectivity index (χ1n) is 6.04. The Morgan fingerprint density at radius 1 is 1.59 bits per heavy atom. The quantitative estimate of drug-likeness (QED) is 0.879. The van der Waals surface area contributed by atoms with Crippen molar-refractivity contribution in [2.45, 2.75) is 43.7 Å². The molecule has 1 saturated carbocycles. The minimum atomic E-state index is 0.0267. The van der Waals surface area contributed by atoms with Crippen molar-refractivity contribution >= 4 is 11.6 Å². The Morgan fingerprint density at radius 3 is 2.88 bits per heavy atom. The lowest BCUT2D eigenvalue weighted by Gasteiger charge is -2.42. The van der Waals surface area contributed by atoms with E-state index in [2.05, 4.69) is 4.98 Å². The van der Waals surface area contributed by atoms with E-state index < -0.39 is 0 Å². The van der Waals surface area contributed by atoms with Gasteiger partial charge in [0.05, 0.1) is 10.6 Å². The molecular weight excluding hydrogens is 236 g/mol. The molecule has 3 nitrogen and oxygen atoms in total. The van der Waals surface area contributed by atoms with Crippen LogP contribution in [-0.2, 0) is 11.2 Å². The van der Waals surface area contributed by atoms with Gasteiger partial charge in [-0.15, -0.1) is 0 Å². The molecule has 0 saturated heterocycles. The van der Waals surface area contributed by atoms with Crippen molar-refractivity contribution in [1.82, 2.24) is 4.98 Å². The van der Waals surface area contributed by atoms with Gasteiger partial charge in [-0.3, -0.25) is 4.98 Å². The topological polar surface area (TPSA) is 48.1 Å². The van der Waals surface area contributed by atoms with E-state index in [1.165, 1.54) is 6.42 Å². The van der Waals surface area contributed by atoms with Crippen LogP contribution in [-0.4, -0.2) is 23.7 Å². The highest BCUT2D eigenvalue weighted by Crippen LogP contribution is 2.39. The van der Waals surface area contributed by atoms with Crippen LogP contribution in [0.3, 0.4) is 0 Å². The predicted octanol–water partition coefficient (Wildman–Crippen LogP) is 2.56. The third-order valence-electron chi connectivity index (χ3n) is 3.67. The van der Waals surface area contributed by atoms with Crippen LogP contribution in [0.2, 0.25) is 5.02 Å². The van der Waals surface area contributed by atoms with Gasteiger partial charge < -0.3 is 10.5 Å². The number of ether oxygens (including phenoxy) is 1. The highest BCUT2D eigenvalue weighted by Gasteiger charge is 2.38. The van der Waals surface area contributed by atoms with E-state index in [0.717, 1.165) is 31.2 Å². The maximum Gasteiger partial charge on any atom is 0.0693 e. The first-order valence-corrected chi connectivity index (χ1v) is 6.42. The molecule has 0 amide bonds. The van der Waals surface area contributed by atoms with Gasteiger partial charge in [0, 0.05) is 25.5 Å². The van der Waals surface area contributed by atoms with Gasteiger partial charge >= 0.3 is 0 Å². The normalized spacial score (nSPS) is 19.7. The van der Waals surface area contributed by atoms with E-state index in [9.17, 15) is 0 Å². The van der Waals surface area contributed by atoms with Gasteiger partial charge in [-0.1, -0.05) is 11.6 Å². The molecule has 0 aromatic carbocycles. The zero-order chi connectivity index (χ0) is 12.3. The molecule has 1 heterocycles. The monoisotopic (exact) mass is 254 g/mol. The molecule has 0 spiro atoms. The molecule has 1 fully saturated rings. The Bertz CT molecular complexity index is 374. The van der Waals surface area contributed by atoms with E-state index in [0.29, 0.717) is 5.02 Å². The minimum Gasteiger partial charge on any atom is -0.378 e. The molecule has 1 atom stereocenters. The summed E-state index contributed by atoms with van der Waals surface area (Å²) < 4.78 is 5.59. The fraction of sp³-hybridized carbons (Fsp3) is 0.615. The number of hydrogen-bond acceptors (Lipinski definition) is 3. The maximum absolute atomic E-state index is 6.19. The molecule has 0 bridgehead atoms. The van der Waals surface area contributed by atoms with Crippen molar-refractivity contribution in [2.75, 3.05) is 7.11 Å². The molecule has 0 radical (unpaired) electrons. The predicted molar refractivity (Wildman–Crippen MR) is 69.1 cm³/mol. The number of aromatic nitrogens is 1. The summed E-state index contributed by atoms with van der Waals surface area (Å²) in [4.78, 5) is 3.97. The van der Waals surface area contributed by atoms with Gasteiger partial charge in [0.1, 0.15) is 0 Å². The second-order valence-corrected chi connectivity index (χ2v) is 5.28.